The van der Waals surface area contributed by atoms with Gasteiger partial charge in [0.2, 0.25) is 0 Å². The lowest BCUT2D eigenvalue weighted by atomic mass is 9.92. The predicted octanol–water partition coefficient (Wildman–Crippen LogP) is 5.18. The third-order valence-electron chi connectivity index (χ3n) is 11.8. The van der Waals surface area contributed by atoms with Crippen LogP contribution in [0.2, 0.25) is 0 Å². The van der Waals surface area contributed by atoms with Crippen molar-refractivity contribution in [1.82, 2.24) is 41.5 Å². The van der Waals surface area contributed by atoms with Gasteiger partial charge in [-0.25, -0.2) is 9.88 Å². The number of benzene rings is 6. The van der Waals surface area contributed by atoms with E-state index in [0.717, 1.165) is 21.9 Å². The smallest absolute Gasteiger partial charge is 0.271 e. The number of nitrogens with zero attached hydrogens (tertiary/aromatic N) is 6. The summed E-state index contributed by atoms with van der Waals surface area (Å²) < 4.78 is 0. The first-order valence-electron chi connectivity index (χ1n) is 22.1. The van der Waals surface area contributed by atoms with Gasteiger partial charge in [-0.1, -0.05) is 36.4 Å². The summed E-state index contributed by atoms with van der Waals surface area (Å²) in [7, 11) is 0. The van der Waals surface area contributed by atoms with Crippen molar-refractivity contribution in [3.8, 4) is 0 Å². The van der Waals surface area contributed by atoms with Crippen LogP contribution in [0.15, 0.2) is 109 Å². The molecule has 3 heterocycles. The van der Waals surface area contributed by atoms with Gasteiger partial charge >= 0.3 is 0 Å². The number of nitro groups is 2. The average molecular weight is 1070 g/mol. The summed E-state index contributed by atoms with van der Waals surface area (Å²) in [6.07, 6.45) is 1.39. The van der Waals surface area contributed by atoms with Crippen LogP contribution in [0.4, 0.5) is 17.1 Å². The Hall–Kier alpha value is -8.54. The van der Waals surface area contributed by atoms with Crippen molar-refractivity contribution in [2.45, 2.75) is 0 Å². The Morgan fingerprint density at radius 3 is 1.54 bits per heavy atom. The fourth-order valence-electron chi connectivity index (χ4n) is 8.48. The lowest BCUT2D eigenvalue weighted by Crippen LogP contribution is -2.44. The Labute approximate surface area is 437 Å². The first-order chi connectivity index (χ1) is 34.3. The maximum atomic E-state index is 14.2. The molecule has 25 heteroatoms. The monoisotopic (exact) mass is 1070 g/mol. The second-order valence-corrected chi connectivity index (χ2v) is 16.3. The zero-order valence-corrected chi connectivity index (χ0v) is 40.9. The number of para-hydroxylation sites is 2. The summed E-state index contributed by atoms with van der Waals surface area (Å²) in [6.45, 7) is 0.999. The van der Waals surface area contributed by atoms with Crippen molar-refractivity contribution >= 4 is 128 Å². The summed E-state index contributed by atoms with van der Waals surface area (Å²) in [6, 6.07) is 25.0. The van der Waals surface area contributed by atoms with Gasteiger partial charge in [-0.3, -0.25) is 63.7 Å². The molecule has 6 aromatic carbocycles. The first kappa shape index (κ1) is 54.8. The Kier molecular flexibility index (Phi) is 17.3. The minimum absolute atomic E-state index is 0. The Morgan fingerprint density at radius 1 is 0.514 bits per heavy atom. The van der Waals surface area contributed by atoms with E-state index in [1.165, 1.54) is 48.7 Å². The number of non-ortho nitro benzene ring substituents is 2. The summed E-state index contributed by atoms with van der Waals surface area (Å²) in [5.74, 6) is -4.74. The molecule has 0 fully saturated rings. The molecule has 22 nitrogen and oxygen atoms in total. The van der Waals surface area contributed by atoms with E-state index >= 15 is 0 Å². The molecule has 0 unspecified atom stereocenters. The van der Waals surface area contributed by atoms with Gasteiger partial charge < -0.3 is 26.6 Å². The van der Waals surface area contributed by atoms with Crippen LogP contribution in [0.3, 0.4) is 0 Å². The van der Waals surface area contributed by atoms with Crippen LogP contribution < -0.4 is 31.5 Å². The Bertz CT molecular complexity index is 3470. The SMILES string of the molecule is Cl.Cl.Cl.O=C(NCCNCCNC(=O)c1cnc2ccccc2n1)c1cc(C(=O)NCCNCCN2C(=O)c3cccc4cc([N+](=O)[O-])cc(c34)C2=O)cc(N2C(=O)c3cccc4cc([N+](=O)[O-])cc(c34)C2=O)c1. The van der Waals surface area contributed by atoms with Crippen molar-refractivity contribution in [2.24, 2.45) is 0 Å². The number of aromatic nitrogens is 2. The zero-order chi connectivity index (χ0) is 49.9. The Balaban J connectivity index is 0.00000297. The van der Waals surface area contributed by atoms with Crippen LogP contribution in [0.1, 0.15) is 72.6 Å². The number of amides is 7. The van der Waals surface area contributed by atoms with Crippen molar-refractivity contribution in [3.63, 3.8) is 0 Å². The molecule has 2 aliphatic heterocycles. The molecule has 74 heavy (non-hydrogen) atoms. The van der Waals surface area contributed by atoms with Crippen LogP contribution >= 0.6 is 37.2 Å². The maximum Gasteiger partial charge on any atom is 0.271 e. The minimum atomic E-state index is -0.913. The van der Waals surface area contributed by atoms with Gasteiger partial charge in [0.15, 0.2) is 0 Å². The van der Waals surface area contributed by atoms with E-state index in [1.54, 1.807) is 42.5 Å². The highest BCUT2D eigenvalue weighted by molar-refractivity contribution is 6.36. The fraction of sp³-hybridized carbons (Fsp3) is 0.163. The van der Waals surface area contributed by atoms with E-state index in [1.807, 2.05) is 6.07 Å². The van der Waals surface area contributed by atoms with Crippen LogP contribution in [0.25, 0.3) is 32.6 Å². The number of rotatable bonds is 18. The number of anilines is 1. The molecule has 2 aliphatic rings. The van der Waals surface area contributed by atoms with Gasteiger partial charge in [0.05, 0.1) is 43.9 Å². The summed E-state index contributed by atoms with van der Waals surface area (Å²) in [5, 5.41) is 39.0. The number of carbonyl (C=O) groups excluding carboxylic acids is 7. The second kappa shape index (κ2) is 23.3. The fourth-order valence-corrected chi connectivity index (χ4v) is 8.48. The highest BCUT2D eigenvalue weighted by atomic mass is 35.5. The number of hydrogen-bond acceptors (Lipinski definition) is 15. The topological polar surface area (TPSA) is 298 Å². The quantitative estimate of drug-likeness (QED) is 0.0320. The highest BCUT2D eigenvalue weighted by Gasteiger charge is 2.37. The van der Waals surface area contributed by atoms with Crippen LogP contribution in [0, 0.1) is 20.2 Å². The lowest BCUT2D eigenvalue weighted by Gasteiger charge is -2.28. The van der Waals surface area contributed by atoms with Gasteiger partial charge in [0.25, 0.3) is 52.7 Å². The van der Waals surface area contributed by atoms with Gasteiger partial charge in [-0.2, -0.15) is 0 Å². The van der Waals surface area contributed by atoms with E-state index < -0.39 is 51.2 Å². The second-order valence-electron chi connectivity index (χ2n) is 16.3. The van der Waals surface area contributed by atoms with E-state index in [2.05, 4.69) is 36.6 Å². The van der Waals surface area contributed by atoms with Crippen molar-refractivity contribution in [3.05, 3.63) is 169 Å². The van der Waals surface area contributed by atoms with E-state index in [0.29, 0.717) is 33.7 Å². The van der Waals surface area contributed by atoms with E-state index in [-0.39, 0.29) is 145 Å². The minimum Gasteiger partial charge on any atom is -0.351 e. The van der Waals surface area contributed by atoms with Crippen molar-refractivity contribution in [2.75, 3.05) is 57.3 Å². The normalized spacial score (nSPS) is 12.4. The molecular formula is C49H42Cl3N11O11. The number of halogens is 3. The predicted molar refractivity (Wildman–Crippen MR) is 278 cm³/mol. The third-order valence-corrected chi connectivity index (χ3v) is 11.8. The molecule has 0 atom stereocenters. The molecule has 9 rings (SSSR count). The number of fused-ring (bicyclic) bond motifs is 1. The molecule has 0 saturated heterocycles. The van der Waals surface area contributed by atoms with Crippen molar-refractivity contribution in [1.29, 1.82) is 0 Å². The molecule has 0 saturated carbocycles. The highest BCUT2D eigenvalue weighted by Crippen LogP contribution is 2.37. The van der Waals surface area contributed by atoms with Crippen LogP contribution in [-0.2, 0) is 0 Å². The molecule has 7 amide bonds. The average Bonchev–Trinajstić information content (AvgIpc) is 3.37. The standard InChI is InChI=1S/C49H39N11O11.3ClH/c61-43(52-14-11-50-12-16-54-45(63)40-26-55-38-9-1-2-10-39(38)56-40)29-19-30(23-31(22-29)58-48(66)35-8-4-6-28-21-33(60(70)71)25-37(42(28)35)49(58)67)44(62)53-15-13-51-17-18-57-46(64)34-7-3-5-27-20-32(59(68)69)24-36(41(27)34)47(57)65;;;/h1-10,19-26,50-51H,11-18H2,(H,52,61)(H,53,62)(H,54,63);3*1H. The van der Waals surface area contributed by atoms with Crippen LogP contribution in [-0.4, -0.2) is 118 Å². The molecule has 0 bridgehead atoms. The molecule has 0 radical (unpaired) electrons. The lowest BCUT2D eigenvalue weighted by molar-refractivity contribution is -0.384. The van der Waals surface area contributed by atoms with Gasteiger partial charge in [-0.15, -0.1) is 37.2 Å². The molecule has 7 aromatic rings. The van der Waals surface area contributed by atoms with Crippen molar-refractivity contribution < 1.29 is 43.4 Å². The molecule has 380 valence electrons. The molecular weight excluding hydrogens is 1020 g/mol. The molecule has 0 aliphatic carbocycles. The maximum absolute atomic E-state index is 14.2. The van der Waals surface area contributed by atoms with Gasteiger partial charge in [0, 0.05) is 110 Å². The van der Waals surface area contributed by atoms with Gasteiger partial charge in [0.1, 0.15) is 5.69 Å². The largest absolute Gasteiger partial charge is 0.351 e. The number of nitro benzene ring substituents is 2. The summed E-state index contributed by atoms with van der Waals surface area (Å²) in [5.41, 5.74) is 0.550. The number of imide groups is 2. The number of carbonyl (C=O) groups is 7. The molecule has 0 spiro atoms. The van der Waals surface area contributed by atoms with E-state index in [9.17, 15) is 53.8 Å². The third kappa shape index (κ3) is 10.9. The van der Waals surface area contributed by atoms with E-state index in [4.69, 9.17) is 0 Å². The number of nitrogens with one attached hydrogen (secondary N) is 5. The molecule has 5 N–H and O–H groups in total. The Morgan fingerprint density at radius 2 is 0.986 bits per heavy atom. The van der Waals surface area contributed by atoms with Crippen LogP contribution in [0.5, 0.6) is 0 Å². The number of hydrogen-bond donors (Lipinski definition) is 5. The summed E-state index contributed by atoms with van der Waals surface area (Å²) >= 11 is 0. The summed E-state index contributed by atoms with van der Waals surface area (Å²) in [4.78, 5) is 128. The van der Waals surface area contributed by atoms with Gasteiger partial charge in [-0.05, 0) is 53.2 Å². The first-order valence-corrected chi connectivity index (χ1v) is 22.1. The molecule has 1 aromatic heterocycles. The zero-order valence-electron chi connectivity index (χ0n) is 38.4.